The van der Waals surface area contributed by atoms with E-state index in [1.807, 2.05) is 55.4 Å². The van der Waals surface area contributed by atoms with Crippen LogP contribution in [0.1, 0.15) is 42.1 Å². The van der Waals surface area contributed by atoms with E-state index in [1.54, 1.807) is 12.1 Å². The van der Waals surface area contributed by atoms with Gasteiger partial charge in [0.2, 0.25) is 0 Å². The van der Waals surface area contributed by atoms with E-state index in [1.165, 1.54) is 0 Å². The maximum absolute atomic E-state index is 12.2. The molecule has 2 rings (SSSR count). The summed E-state index contributed by atoms with van der Waals surface area (Å²) in [4.78, 5) is 26.2. The number of carbonyl (C=O) groups is 2. The summed E-state index contributed by atoms with van der Waals surface area (Å²) in [7, 11) is 3.85. The molecule has 1 amide bonds. The molecular weight excluding hydrogens is 328 g/mol. The van der Waals surface area contributed by atoms with Crippen LogP contribution in [0.5, 0.6) is 0 Å². The molecule has 0 saturated heterocycles. The van der Waals surface area contributed by atoms with Crippen LogP contribution in [0.15, 0.2) is 48.5 Å². The Morgan fingerprint density at radius 2 is 1.73 bits per heavy atom. The van der Waals surface area contributed by atoms with E-state index in [2.05, 4.69) is 19.2 Å². The highest BCUT2D eigenvalue weighted by molar-refractivity contribution is 5.96. The number of hydrogen-bond acceptors (Lipinski definition) is 4. The summed E-state index contributed by atoms with van der Waals surface area (Å²) in [6.45, 7) is 3.90. The summed E-state index contributed by atoms with van der Waals surface area (Å²) in [5.41, 5.74) is 3.25. The van der Waals surface area contributed by atoms with Crippen molar-refractivity contribution in [3.8, 4) is 0 Å². The Morgan fingerprint density at radius 1 is 1.08 bits per heavy atom. The van der Waals surface area contributed by atoms with E-state index in [0.29, 0.717) is 11.5 Å². The molecular formula is C21H26N2O3. The third-order valence-corrected chi connectivity index (χ3v) is 4.33. The molecule has 0 aliphatic carbocycles. The molecule has 1 atom stereocenters. The average Bonchev–Trinajstić information content (AvgIpc) is 2.66. The molecule has 2 aromatic carbocycles. The Labute approximate surface area is 155 Å². The number of benzene rings is 2. The molecule has 0 radical (unpaired) electrons. The number of hydrogen-bond donors (Lipinski definition) is 1. The number of anilines is 2. The highest BCUT2D eigenvalue weighted by atomic mass is 16.5. The molecule has 2 aromatic rings. The van der Waals surface area contributed by atoms with Gasteiger partial charge in [-0.1, -0.05) is 32.0 Å². The second-order valence-electron chi connectivity index (χ2n) is 6.46. The fourth-order valence-corrected chi connectivity index (χ4v) is 2.56. The zero-order chi connectivity index (χ0) is 19.1. The highest BCUT2D eigenvalue weighted by Crippen LogP contribution is 2.26. The quantitative estimate of drug-likeness (QED) is 0.762. The first-order chi connectivity index (χ1) is 12.4. The maximum Gasteiger partial charge on any atom is 0.338 e. The van der Waals surface area contributed by atoms with Gasteiger partial charge < -0.3 is 15.0 Å². The van der Waals surface area contributed by atoms with Crippen LogP contribution in [0.3, 0.4) is 0 Å². The number of nitrogens with one attached hydrogen (secondary N) is 1. The predicted octanol–water partition coefficient (Wildman–Crippen LogP) is 4.06. The number of nitrogens with zero attached hydrogens (tertiary/aromatic N) is 1. The molecule has 0 spiro atoms. The van der Waals surface area contributed by atoms with E-state index in [-0.39, 0.29) is 12.5 Å². The van der Waals surface area contributed by atoms with Crippen molar-refractivity contribution in [3.63, 3.8) is 0 Å². The summed E-state index contributed by atoms with van der Waals surface area (Å²) in [6.07, 6.45) is 0.977. The van der Waals surface area contributed by atoms with Crippen molar-refractivity contribution in [1.82, 2.24) is 0 Å². The fourth-order valence-electron chi connectivity index (χ4n) is 2.56. The molecule has 0 heterocycles. The Bertz CT molecular complexity index is 754. The standard InChI is InChI=1S/C21H26N2O3/c1-5-15(2)18-8-6-7-9-19(18)22-20(24)14-26-21(25)16-10-12-17(13-11-16)23(3)4/h6-13,15H,5,14H2,1-4H3,(H,22,24)/t15-/m0/s1. The second kappa shape index (κ2) is 9.04. The van der Waals surface area contributed by atoms with Crippen molar-refractivity contribution in [3.05, 3.63) is 59.7 Å². The molecule has 0 aromatic heterocycles. The first-order valence-electron chi connectivity index (χ1n) is 8.75. The molecule has 0 saturated carbocycles. The molecule has 0 unspecified atom stereocenters. The largest absolute Gasteiger partial charge is 0.452 e. The van der Waals surface area contributed by atoms with E-state index >= 15 is 0 Å². The second-order valence-corrected chi connectivity index (χ2v) is 6.46. The lowest BCUT2D eigenvalue weighted by Crippen LogP contribution is -2.21. The molecule has 26 heavy (non-hydrogen) atoms. The summed E-state index contributed by atoms with van der Waals surface area (Å²) in [5, 5.41) is 2.83. The van der Waals surface area contributed by atoms with E-state index in [4.69, 9.17) is 4.74 Å². The summed E-state index contributed by atoms with van der Waals surface area (Å²) in [5.74, 6) is -0.524. The van der Waals surface area contributed by atoms with Gasteiger partial charge in [0.25, 0.3) is 5.91 Å². The predicted molar refractivity (Wildman–Crippen MR) is 105 cm³/mol. The zero-order valence-electron chi connectivity index (χ0n) is 15.8. The monoisotopic (exact) mass is 354 g/mol. The molecule has 0 aliphatic rings. The Balaban J connectivity index is 1.94. The molecule has 0 aliphatic heterocycles. The highest BCUT2D eigenvalue weighted by Gasteiger charge is 2.13. The fraction of sp³-hybridized carbons (Fsp3) is 0.333. The van der Waals surface area contributed by atoms with Crippen molar-refractivity contribution in [2.24, 2.45) is 0 Å². The lowest BCUT2D eigenvalue weighted by atomic mass is 9.97. The molecule has 138 valence electrons. The normalized spacial score (nSPS) is 11.5. The number of para-hydroxylation sites is 1. The van der Waals surface area contributed by atoms with Gasteiger partial charge in [-0.25, -0.2) is 4.79 Å². The van der Waals surface area contributed by atoms with Crippen molar-refractivity contribution in [1.29, 1.82) is 0 Å². The third kappa shape index (κ3) is 5.09. The number of ether oxygens (including phenoxy) is 1. The van der Waals surface area contributed by atoms with Crippen LogP contribution in [-0.2, 0) is 9.53 Å². The minimum atomic E-state index is -0.513. The number of rotatable bonds is 7. The van der Waals surface area contributed by atoms with Gasteiger partial charge in [0.05, 0.1) is 5.56 Å². The third-order valence-electron chi connectivity index (χ3n) is 4.33. The van der Waals surface area contributed by atoms with Gasteiger partial charge in [0.1, 0.15) is 0 Å². The van der Waals surface area contributed by atoms with Gasteiger partial charge in [-0.15, -0.1) is 0 Å². The van der Waals surface area contributed by atoms with Crippen molar-refractivity contribution in [2.75, 3.05) is 30.9 Å². The van der Waals surface area contributed by atoms with Gasteiger partial charge in [-0.05, 0) is 48.2 Å². The van der Waals surface area contributed by atoms with Gasteiger partial charge in [0.15, 0.2) is 6.61 Å². The van der Waals surface area contributed by atoms with Crippen molar-refractivity contribution >= 4 is 23.3 Å². The summed E-state index contributed by atoms with van der Waals surface area (Å²) >= 11 is 0. The van der Waals surface area contributed by atoms with Crippen LogP contribution >= 0.6 is 0 Å². The van der Waals surface area contributed by atoms with Gasteiger partial charge >= 0.3 is 5.97 Å². The molecule has 5 heteroatoms. The smallest absolute Gasteiger partial charge is 0.338 e. The van der Waals surface area contributed by atoms with Gasteiger partial charge in [0, 0.05) is 25.5 Å². The van der Waals surface area contributed by atoms with Crippen LogP contribution in [-0.4, -0.2) is 32.6 Å². The van der Waals surface area contributed by atoms with Crippen molar-refractivity contribution < 1.29 is 14.3 Å². The van der Waals surface area contributed by atoms with Crippen LogP contribution < -0.4 is 10.2 Å². The Hall–Kier alpha value is -2.82. The maximum atomic E-state index is 12.2. The minimum absolute atomic E-state index is 0.316. The van der Waals surface area contributed by atoms with Crippen LogP contribution in [0.2, 0.25) is 0 Å². The van der Waals surface area contributed by atoms with Gasteiger partial charge in [-0.2, -0.15) is 0 Å². The SMILES string of the molecule is CC[C@H](C)c1ccccc1NC(=O)COC(=O)c1ccc(N(C)C)cc1. The summed E-state index contributed by atoms with van der Waals surface area (Å²) < 4.78 is 5.12. The van der Waals surface area contributed by atoms with E-state index in [9.17, 15) is 9.59 Å². The minimum Gasteiger partial charge on any atom is -0.452 e. The Morgan fingerprint density at radius 3 is 2.35 bits per heavy atom. The lowest BCUT2D eigenvalue weighted by molar-refractivity contribution is -0.119. The molecule has 1 N–H and O–H groups in total. The summed E-state index contributed by atoms with van der Waals surface area (Å²) in [6, 6.07) is 14.7. The first kappa shape index (κ1) is 19.5. The van der Waals surface area contributed by atoms with Crippen LogP contribution in [0, 0.1) is 0 Å². The molecule has 0 bridgehead atoms. The number of amides is 1. The topological polar surface area (TPSA) is 58.6 Å². The number of carbonyl (C=O) groups excluding carboxylic acids is 2. The average molecular weight is 354 g/mol. The molecule has 5 nitrogen and oxygen atoms in total. The van der Waals surface area contributed by atoms with Crippen molar-refractivity contribution in [2.45, 2.75) is 26.2 Å². The van der Waals surface area contributed by atoms with E-state index in [0.717, 1.165) is 23.4 Å². The van der Waals surface area contributed by atoms with Gasteiger partial charge in [-0.3, -0.25) is 4.79 Å². The zero-order valence-corrected chi connectivity index (χ0v) is 15.8. The van der Waals surface area contributed by atoms with Crippen LogP contribution in [0.25, 0.3) is 0 Å². The lowest BCUT2D eigenvalue weighted by Gasteiger charge is -2.15. The van der Waals surface area contributed by atoms with Crippen LogP contribution in [0.4, 0.5) is 11.4 Å². The Kier molecular flexibility index (Phi) is 6.78. The molecule has 0 fully saturated rings. The van der Waals surface area contributed by atoms with E-state index < -0.39 is 5.97 Å². The first-order valence-corrected chi connectivity index (χ1v) is 8.75. The number of esters is 1.